The summed E-state index contributed by atoms with van der Waals surface area (Å²) in [6.45, 7) is 0. The number of anilines is 1. The Morgan fingerprint density at radius 2 is 1.89 bits per heavy atom. The molecule has 1 aromatic rings. The van der Waals surface area contributed by atoms with E-state index in [1.54, 1.807) is 24.3 Å². The quantitative estimate of drug-likeness (QED) is 0.860. The molecule has 5 heteroatoms. The Labute approximate surface area is 106 Å². The number of hydrogen-bond acceptors (Lipinski definition) is 2. The maximum Gasteiger partial charge on any atom is 0.306 e. The number of nitrogens with zero attached hydrogens (tertiary/aromatic N) is 1. The highest BCUT2D eigenvalue weighted by atomic mass is 16.4. The molecule has 1 aliphatic carbocycles. The minimum Gasteiger partial charge on any atom is -0.481 e. The van der Waals surface area contributed by atoms with Crippen LogP contribution in [0.1, 0.15) is 25.7 Å². The summed E-state index contributed by atoms with van der Waals surface area (Å²) in [6, 6.07) is 1.85. The summed E-state index contributed by atoms with van der Waals surface area (Å²) in [5, 5.41) is 8.92. The monoisotopic (exact) mass is 250 g/mol. The molecule has 0 atom stereocenters. The van der Waals surface area contributed by atoms with Gasteiger partial charge in [-0.15, -0.1) is 0 Å². The van der Waals surface area contributed by atoms with Crippen LogP contribution in [0.25, 0.3) is 0 Å². The van der Waals surface area contributed by atoms with E-state index >= 15 is 0 Å². The van der Waals surface area contributed by atoms with Crippen molar-refractivity contribution in [2.24, 2.45) is 11.8 Å². The van der Waals surface area contributed by atoms with Gasteiger partial charge in [-0.1, -0.05) is 0 Å². The lowest BCUT2D eigenvalue weighted by Gasteiger charge is -2.28. The molecule has 1 amide bonds. The molecule has 0 bridgehead atoms. The number of carbonyl (C=O) groups is 2. The fourth-order valence-corrected chi connectivity index (χ4v) is 2.51. The van der Waals surface area contributed by atoms with Crippen LogP contribution in [0.15, 0.2) is 18.5 Å². The van der Waals surface area contributed by atoms with Crippen LogP contribution < -0.4 is 4.90 Å². The minimum atomic E-state index is -0.736. The molecule has 2 N–H and O–H groups in total. The first-order valence-electron chi connectivity index (χ1n) is 6.22. The molecule has 18 heavy (non-hydrogen) atoms. The van der Waals surface area contributed by atoms with Gasteiger partial charge in [0, 0.05) is 25.4 Å². The summed E-state index contributed by atoms with van der Waals surface area (Å²) in [4.78, 5) is 27.6. The highest BCUT2D eigenvalue weighted by Gasteiger charge is 2.31. The average molecular weight is 250 g/mol. The number of nitrogens with one attached hydrogen (secondary N) is 1. The number of hydrogen-bond donors (Lipinski definition) is 2. The molecule has 0 aromatic carbocycles. The van der Waals surface area contributed by atoms with E-state index in [0.717, 1.165) is 5.69 Å². The number of carbonyl (C=O) groups excluding carboxylic acids is 1. The number of carboxylic acids is 1. The molecule has 98 valence electrons. The molecule has 0 radical (unpaired) electrons. The van der Waals surface area contributed by atoms with Crippen molar-refractivity contribution in [2.75, 3.05) is 11.9 Å². The molecule has 0 aliphatic heterocycles. The Hall–Kier alpha value is -1.78. The Balaban J connectivity index is 1.93. The normalized spacial score (nSPS) is 23.6. The molecule has 1 aliphatic rings. The van der Waals surface area contributed by atoms with Crippen LogP contribution in [0.3, 0.4) is 0 Å². The van der Waals surface area contributed by atoms with Crippen molar-refractivity contribution >= 4 is 17.6 Å². The second-order valence-corrected chi connectivity index (χ2v) is 4.85. The van der Waals surface area contributed by atoms with E-state index in [-0.39, 0.29) is 17.7 Å². The number of aromatic nitrogens is 1. The van der Waals surface area contributed by atoms with Crippen LogP contribution in [-0.2, 0) is 9.59 Å². The highest BCUT2D eigenvalue weighted by Crippen LogP contribution is 2.30. The lowest BCUT2D eigenvalue weighted by Crippen LogP contribution is -2.35. The third kappa shape index (κ3) is 2.55. The van der Waals surface area contributed by atoms with Gasteiger partial charge in [-0.3, -0.25) is 9.59 Å². The van der Waals surface area contributed by atoms with Gasteiger partial charge in [0.05, 0.1) is 11.6 Å². The number of amides is 1. The SMILES string of the molecule is CN(C(=O)C1CCC(C(=O)O)CC1)c1cc[nH]c1. The van der Waals surface area contributed by atoms with Gasteiger partial charge in [0.1, 0.15) is 0 Å². The average Bonchev–Trinajstić information content (AvgIpc) is 2.91. The number of aliphatic carboxylic acids is 1. The predicted octanol–water partition coefficient (Wildman–Crippen LogP) is 1.87. The van der Waals surface area contributed by atoms with Crippen molar-refractivity contribution < 1.29 is 14.7 Å². The first-order valence-corrected chi connectivity index (χ1v) is 6.22. The second kappa shape index (κ2) is 5.25. The summed E-state index contributed by atoms with van der Waals surface area (Å²) in [5.74, 6) is -0.967. The summed E-state index contributed by atoms with van der Waals surface area (Å²) < 4.78 is 0. The van der Waals surface area contributed by atoms with Crippen molar-refractivity contribution in [1.82, 2.24) is 4.98 Å². The van der Waals surface area contributed by atoms with Gasteiger partial charge >= 0.3 is 5.97 Å². The molecule has 1 heterocycles. The fourth-order valence-electron chi connectivity index (χ4n) is 2.51. The zero-order valence-corrected chi connectivity index (χ0v) is 10.4. The Morgan fingerprint density at radius 3 is 2.39 bits per heavy atom. The van der Waals surface area contributed by atoms with Crippen molar-refractivity contribution in [3.05, 3.63) is 18.5 Å². The number of rotatable bonds is 3. The molecule has 0 saturated heterocycles. The summed E-state index contributed by atoms with van der Waals surface area (Å²) >= 11 is 0. The van der Waals surface area contributed by atoms with Crippen molar-refractivity contribution in [3.8, 4) is 0 Å². The molecule has 0 spiro atoms. The summed E-state index contributed by atoms with van der Waals surface area (Å²) in [5.41, 5.74) is 0.848. The highest BCUT2D eigenvalue weighted by molar-refractivity contribution is 5.94. The van der Waals surface area contributed by atoms with Crippen LogP contribution in [0.2, 0.25) is 0 Å². The molecule has 1 saturated carbocycles. The molecule has 5 nitrogen and oxygen atoms in total. The van der Waals surface area contributed by atoms with Crippen LogP contribution in [-0.4, -0.2) is 29.0 Å². The summed E-state index contributed by atoms with van der Waals surface area (Å²) in [6.07, 6.45) is 6.11. The maximum atomic E-state index is 12.2. The molecular weight excluding hydrogens is 232 g/mol. The van der Waals surface area contributed by atoms with Crippen LogP contribution in [0.4, 0.5) is 5.69 Å². The topological polar surface area (TPSA) is 73.4 Å². The van der Waals surface area contributed by atoms with E-state index in [2.05, 4.69) is 4.98 Å². The van der Waals surface area contributed by atoms with Crippen molar-refractivity contribution in [2.45, 2.75) is 25.7 Å². The second-order valence-electron chi connectivity index (χ2n) is 4.85. The number of carboxylic acid groups (broad SMARTS) is 1. The first kappa shape index (κ1) is 12.7. The van der Waals surface area contributed by atoms with Crippen LogP contribution >= 0.6 is 0 Å². The van der Waals surface area contributed by atoms with Gasteiger partial charge in [-0.2, -0.15) is 0 Å². The number of aromatic amines is 1. The lowest BCUT2D eigenvalue weighted by atomic mass is 9.81. The zero-order valence-electron chi connectivity index (χ0n) is 10.4. The van der Waals surface area contributed by atoms with E-state index in [4.69, 9.17) is 5.11 Å². The minimum absolute atomic E-state index is 0.0412. The van der Waals surface area contributed by atoms with E-state index in [1.807, 2.05) is 6.07 Å². The molecular formula is C13H18N2O3. The largest absolute Gasteiger partial charge is 0.481 e. The van der Waals surface area contributed by atoms with Crippen LogP contribution in [0.5, 0.6) is 0 Å². The number of H-pyrrole nitrogens is 1. The standard InChI is InChI=1S/C13H18N2O3/c1-15(11-6-7-14-8-11)12(16)9-2-4-10(5-3-9)13(17)18/h6-10,14H,2-5H2,1H3,(H,17,18). The molecule has 2 rings (SSSR count). The van der Waals surface area contributed by atoms with E-state index in [9.17, 15) is 9.59 Å². The van der Waals surface area contributed by atoms with Gasteiger partial charge < -0.3 is 15.0 Å². The van der Waals surface area contributed by atoms with Crippen LogP contribution in [0, 0.1) is 11.8 Å². The maximum absolute atomic E-state index is 12.2. The van der Waals surface area contributed by atoms with Gasteiger partial charge in [0.2, 0.25) is 5.91 Å². The predicted molar refractivity (Wildman–Crippen MR) is 67.3 cm³/mol. The van der Waals surface area contributed by atoms with Gasteiger partial charge in [0.25, 0.3) is 0 Å². The molecule has 1 fully saturated rings. The van der Waals surface area contributed by atoms with E-state index in [1.165, 1.54) is 0 Å². The van der Waals surface area contributed by atoms with Gasteiger partial charge in [-0.05, 0) is 31.7 Å². The first-order chi connectivity index (χ1) is 8.59. The van der Waals surface area contributed by atoms with Gasteiger partial charge in [0.15, 0.2) is 0 Å². The zero-order chi connectivity index (χ0) is 13.1. The summed E-state index contributed by atoms with van der Waals surface area (Å²) in [7, 11) is 1.76. The Bertz CT molecular complexity index is 419. The lowest BCUT2D eigenvalue weighted by molar-refractivity contribution is -0.143. The van der Waals surface area contributed by atoms with E-state index < -0.39 is 5.97 Å². The van der Waals surface area contributed by atoms with E-state index in [0.29, 0.717) is 25.7 Å². The fraction of sp³-hybridized carbons (Fsp3) is 0.538. The van der Waals surface area contributed by atoms with Crippen molar-refractivity contribution in [3.63, 3.8) is 0 Å². The molecule has 1 aromatic heterocycles. The van der Waals surface area contributed by atoms with Gasteiger partial charge in [-0.25, -0.2) is 0 Å². The third-order valence-electron chi connectivity index (χ3n) is 3.73. The molecule has 0 unspecified atom stereocenters. The Kier molecular flexibility index (Phi) is 3.69. The smallest absolute Gasteiger partial charge is 0.306 e. The Morgan fingerprint density at radius 1 is 1.28 bits per heavy atom. The third-order valence-corrected chi connectivity index (χ3v) is 3.73. The van der Waals surface area contributed by atoms with Crippen molar-refractivity contribution in [1.29, 1.82) is 0 Å².